The van der Waals surface area contributed by atoms with Gasteiger partial charge in [-0.3, -0.25) is 10.1 Å². The van der Waals surface area contributed by atoms with E-state index in [0.29, 0.717) is 10.9 Å². The molecule has 3 aromatic rings. The molecule has 0 saturated heterocycles. The Kier molecular flexibility index (Phi) is 5.23. The minimum absolute atomic E-state index is 0.0307. The van der Waals surface area contributed by atoms with Gasteiger partial charge >= 0.3 is 0 Å². The number of hydrogen-bond donors (Lipinski definition) is 1. The summed E-state index contributed by atoms with van der Waals surface area (Å²) in [6.07, 6.45) is 2.61. The number of thiazole rings is 1. The van der Waals surface area contributed by atoms with Crippen molar-refractivity contribution >= 4 is 22.4 Å². The van der Waals surface area contributed by atoms with Crippen molar-refractivity contribution < 1.29 is 9.53 Å². The molecular formula is C19H18N2O2S. The van der Waals surface area contributed by atoms with E-state index in [9.17, 15) is 4.79 Å². The highest BCUT2D eigenvalue weighted by atomic mass is 32.1. The van der Waals surface area contributed by atoms with Crippen LogP contribution in [0.4, 0.5) is 5.13 Å². The van der Waals surface area contributed by atoms with Gasteiger partial charge in [-0.2, -0.15) is 0 Å². The number of hydrogen-bond acceptors (Lipinski definition) is 4. The molecule has 2 aromatic carbocycles. The molecule has 0 aliphatic heterocycles. The molecule has 0 aliphatic carbocycles. The van der Waals surface area contributed by atoms with Gasteiger partial charge in [0.15, 0.2) is 11.7 Å². The highest BCUT2D eigenvalue weighted by Gasteiger charge is 2.08. The van der Waals surface area contributed by atoms with Crippen molar-refractivity contribution in [2.24, 2.45) is 0 Å². The third kappa shape index (κ3) is 4.67. The van der Waals surface area contributed by atoms with Crippen molar-refractivity contribution in [1.82, 2.24) is 4.98 Å². The van der Waals surface area contributed by atoms with Gasteiger partial charge in [-0.1, -0.05) is 42.5 Å². The van der Waals surface area contributed by atoms with E-state index in [1.165, 1.54) is 16.9 Å². The molecule has 4 nitrogen and oxygen atoms in total. The smallest absolute Gasteiger partial charge is 0.264 e. The topological polar surface area (TPSA) is 51.2 Å². The number of benzene rings is 2. The van der Waals surface area contributed by atoms with Crippen LogP contribution in [-0.2, 0) is 11.2 Å². The molecule has 1 aromatic heterocycles. The summed E-state index contributed by atoms with van der Waals surface area (Å²) in [7, 11) is 0. The molecule has 0 spiro atoms. The maximum absolute atomic E-state index is 12.0. The Bertz CT molecular complexity index is 815. The van der Waals surface area contributed by atoms with E-state index in [-0.39, 0.29) is 12.5 Å². The van der Waals surface area contributed by atoms with Gasteiger partial charge < -0.3 is 4.74 Å². The monoisotopic (exact) mass is 338 g/mol. The average Bonchev–Trinajstić information content (AvgIpc) is 3.01. The van der Waals surface area contributed by atoms with Crippen LogP contribution in [-0.4, -0.2) is 17.5 Å². The number of aromatic nitrogens is 1. The van der Waals surface area contributed by atoms with Gasteiger partial charge in [0.25, 0.3) is 5.91 Å². The lowest BCUT2D eigenvalue weighted by Gasteiger charge is -2.06. The highest BCUT2D eigenvalue weighted by molar-refractivity contribution is 7.15. The Morgan fingerprint density at radius 3 is 2.79 bits per heavy atom. The predicted octanol–water partition coefficient (Wildman–Crippen LogP) is 4.06. The lowest BCUT2D eigenvalue weighted by molar-refractivity contribution is -0.118. The molecule has 0 fully saturated rings. The fourth-order valence-electron chi connectivity index (χ4n) is 2.25. The second-order valence-electron chi connectivity index (χ2n) is 5.45. The van der Waals surface area contributed by atoms with Crippen molar-refractivity contribution in [1.29, 1.82) is 0 Å². The standard InChI is InChI=1S/C19H18N2O2S/c1-14-6-5-9-16(10-14)23-13-18(22)21-19-20-12-17(24-19)11-15-7-3-2-4-8-15/h2-10,12H,11,13H2,1H3,(H,20,21,22). The molecular weight excluding hydrogens is 320 g/mol. The Hall–Kier alpha value is -2.66. The first kappa shape index (κ1) is 16.2. The summed E-state index contributed by atoms with van der Waals surface area (Å²) in [6, 6.07) is 17.8. The maximum atomic E-state index is 12.0. The van der Waals surface area contributed by atoms with E-state index < -0.39 is 0 Å². The highest BCUT2D eigenvalue weighted by Crippen LogP contribution is 2.21. The van der Waals surface area contributed by atoms with Gasteiger partial charge in [-0.25, -0.2) is 4.98 Å². The molecule has 0 aliphatic rings. The summed E-state index contributed by atoms with van der Waals surface area (Å²) >= 11 is 1.48. The molecule has 0 radical (unpaired) electrons. The SMILES string of the molecule is Cc1cccc(OCC(=O)Nc2ncc(Cc3ccccc3)s2)c1. The van der Waals surface area contributed by atoms with Crippen LogP contribution in [0.25, 0.3) is 0 Å². The zero-order valence-electron chi connectivity index (χ0n) is 13.4. The van der Waals surface area contributed by atoms with E-state index in [1.54, 1.807) is 6.20 Å². The molecule has 24 heavy (non-hydrogen) atoms. The minimum Gasteiger partial charge on any atom is -0.484 e. The van der Waals surface area contributed by atoms with E-state index in [1.807, 2.05) is 49.4 Å². The maximum Gasteiger partial charge on any atom is 0.264 e. The van der Waals surface area contributed by atoms with Crippen LogP contribution in [0.1, 0.15) is 16.0 Å². The van der Waals surface area contributed by atoms with Crippen LogP contribution in [0.5, 0.6) is 5.75 Å². The summed E-state index contributed by atoms with van der Waals surface area (Å²) in [6.45, 7) is 1.95. The molecule has 1 amide bonds. The van der Waals surface area contributed by atoms with Gasteiger partial charge in [-0.05, 0) is 30.2 Å². The molecule has 0 saturated carbocycles. The number of ether oxygens (including phenoxy) is 1. The molecule has 1 heterocycles. The van der Waals surface area contributed by atoms with Crippen molar-refractivity contribution in [2.45, 2.75) is 13.3 Å². The summed E-state index contributed by atoms with van der Waals surface area (Å²) < 4.78 is 5.49. The lowest BCUT2D eigenvalue weighted by atomic mass is 10.1. The first-order valence-electron chi connectivity index (χ1n) is 7.67. The van der Waals surface area contributed by atoms with E-state index in [4.69, 9.17) is 4.74 Å². The molecule has 3 rings (SSSR count). The first-order chi connectivity index (χ1) is 11.7. The lowest BCUT2D eigenvalue weighted by Crippen LogP contribution is -2.19. The summed E-state index contributed by atoms with van der Waals surface area (Å²) in [5, 5.41) is 3.37. The van der Waals surface area contributed by atoms with Crippen LogP contribution in [0.3, 0.4) is 0 Å². The van der Waals surface area contributed by atoms with Crippen molar-refractivity contribution in [3.05, 3.63) is 76.8 Å². The first-order valence-corrected chi connectivity index (χ1v) is 8.48. The van der Waals surface area contributed by atoms with Gasteiger partial charge in [-0.15, -0.1) is 11.3 Å². The van der Waals surface area contributed by atoms with Gasteiger partial charge in [0.2, 0.25) is 0 Å². The Morgan fingerprint density at radius 2 is 2.00 bits per heavy atom. The normalized spacial score (nSPS) is 10.4. The predicted molar refractivity (Wildman–Crippen MR) is 96.7 cm³/mol. The summed E-state index contributed by atoms with van der Waals surface area (Å²) in [4.78, 5) is 17.3. The number of carbonyl (C=O) groups is 1. The van der Waals surface area contributed by atoms with Crippen molar-refractivity contribution in [3.8, 4) is 5.75 Å². The molecule has 0 atom stereocenters. The third-order valence-corrected chi connectivity index (χ3v) is 4.29. The van der Waals surface area contributed by atoms with Gasteiger partial charge in [0.05, 0.1) is 0 Å². The second kappa shape index (κ2) is 7.75. The Balaban J connectivity index is 1.51. The summed E-state index contributed by atoms with van der Waals surface area (Å²) in [5.41, 5.74) is 2.32. The van der Waals surface area contributed by atoms with Crippen LogP contribution in [0, 0.1) is 6.92 Å². The molecule has 122 valence electrons. The molecule has 0 bridgehead atoms. The average molecular weight is 338 g/mol. The summed E-state index contributed by atoms with van der Waals surface area (Å²) in [5.74, 6) is 0.478. The Morgan fingerprint density at radius 1 is 1.17 bits per heavy atom. The molecule has 1 N–H and O–H groups in total. The number of anilines is 1. The third-order valence-electron chi connectivity index (χ3n) is 3.38. The van der Waals surface area contributed by atoms with E-state index >= 15 is 0 Å². The molecule has 0 unspecified atom stereocenters. The van der Waals surface area contributed by atoms with E-state index in [2.05, 4.69) is 22.4 Å². The van der Waals surface area contributed by atoms with Crippen LogP contribution in [0.2, 0.25) is 0 Å². The van der Waals surface area contributed by atoms with Crippen LogP contribution >= 0.6 is 11.3 Å². The number of nitrogens with zero attached hydrogens (tertiary/aromatic N) is 1. The van der Waals surface area contributed by atoms with Gasteiger partial charge in [0.1, 0.15) is 5.75 Å². The number of rotatable bonds is 6. The molecule has 5 heteroatoms. The van der Waals surface area contributed by atoms with Crippen LogP contribution in [0.15, 0.2) is 60.8 Å². The number of amides is 1. The van der Waals surface area contributed by atoms with Crippen LogP contribution < -0.4 is 10.1 Å². The van der Waals surface area contributed by atoms with Crippen molar-refractivity contribution in [3.63, 3.8) is 0 Å². The minimum atomic E-state index is -0.211. The number of aryl methyl sites for hydroxylation is 1. The Labute approximate surface area is 145 Å². The second-order valence-corrected chi connectivity index (χ2v) is 6.56. The van der Waals surface area contributed by atoms with Crippen molar-refractivity contribution in [2.75, 3.05) is 11.9 Å². The largest absolute Gasteiger partial charge is 0.484 e. The zero-order chi connectivity index (χ0) is 16.8. The quantitative estimate of drug-likeness (QED) is 0.737. The zero-order valence-corrected chi connectivity index (χ0v) is 14.2. The number of nitrogens with one attached hydrogen (secondary N) is 1. The number of carbonyl (C=O) groups excluding carboxylic acids is 1. The fourth-order valence-corrected chi connectivity index (χ4v) is 3.12. The van der Waals surface area contributed by atoms with Gasteiger partial charge in [0, 0.05) is 17.5 Å². The fraction of sp³-hybridized carbons (Fsp3) is 0.158. The van der Waals surface area contributed by atoms with E-state index in [0.717, 1.165) is 16.9 Å².